The maximum Gasteiger partial charge on any atom is 0.351 e. The van der Waals surface area contributed by atoms with Gasteiger partial charge in [-0.05, 0) is 34.9 Å². The third-order valence-corrected chi connectivity index (χ3v) is 7.23. The van der Waals surface area contributed by atoms with E-state index in [2.05, 4.69) is 29.2 Å². The van der Waals surface area contributed by atoms with Crippen LogP contribution in [0.4, 0.5) is 5.82 Å². The van der Waals surface area contributed by atoms with E-state index >= 15 is 0 Å². The average molecular weight is 528 g/mol. The summed E-state index contributed by atoms with van der Waals surface area (Å²) in [5.41, 5.74) is 7.32. The third-order valence-electron chi connectivity index (χ3n) is 7.23. The highest BCUT2D eigenvalue weighted by molar-refractivity contribution is 5.48. The van der Waals surface area contributed by atoms with Crippen molar-refractivity contribution in [1.29, 1.82) is 0 Å². The molecule has 39 heavy (non-hydrogen) atoms. The number of benzene rings is 3. The zero-order valence-electron chi connectivity index (χ0n) is 22.1. The Labute approximate surface area is 227 Å². The van der Waals surface area contributed by atoms with E-state index in [-0.39, 0.29) is 17.8 Å². The Morgan fingerprint density at radius 1 is 0.897 bits per heavy atom. The van der Waals surface area contributed by atoms with E-state index < -0.39 is 17.5 Å². The molecule has 2 N–H and O–H groups in total. The molecule has 202 valence electrons. The molecule has 3 aromatic carbocycles. The van der Waals surface area contributed by atoms with Crippen LogP contribution < -0.4 is 16.2 Å². The summed E-state index contributed by atoms with van der Waals surface area (Å²) in [4.78, 5) is 16.4. The van der Waals surface area contributed by atoms with E-state index in [0.29, 0.717) is 19.6 Å². The van der Waals surface area contributed by atoms with Crippen molar-refractivity contribution >= 4 is 5.82 Å². The van der Waals surface area contributed by atoms with Crippen molar-refractivity contribution in [3.05, 3.63) is 124 Å². The Balaban J connectivity index is 1.53. The van der Waals surface area contributed by atoms with Crippen LogP contribution in [-0.4, -0.2) is 43.1 Å². The van der Waals surface area contributed by atoms with Crippen molar-refractivity contribution in [2.75, 3.05) is 33.2 Å². The number of anilines is 1. The molecule has 0 amide bonds. The number of rotatable bonds is 10. The molecule has 1 saturated heterocycles. The fourth-order valence-electron chi connectivity index (χ4n) is 5.27. The number of hydrogen-bond acceptors (Lipinski definition) is 7. The number of nitrogens with two attached hydrogens (primary N) is 1. The lowest BCUT2D eigenvalue weighted by atomic mass is 9.80. The van der Waals surface area contributed by atoms with E-state index in [4.69, 9.17) is 24.7 Å². The highest BCUT2D eigenvalue weighted by Crippen LogP contribution is 2.43. The maximum atomic E-state index is 12.5. The van der Waals surface area contributed by atoms with Gasteiger partial charge in [0.2, 0.25) is 0 Å². The molecular formula is C31H33N3O5. The highest BCUT2D eigenvalue weighted by Gasteiger charge is 2.42. The van der Waals surface area contributed by atoms with E-state index in [1.54, 1.807) is 26.5 Å². The average Bonchev–Trinajstić information content (AvgIpc) is 3.37. The van der Waals surface area contributed by atoms with Gasteiger partial charge in [-0.1, -0.05) is 72.8 Å². The maximum absolute atomic E-state index is 12.5. The van der Waals surface area contributed by atoms with Crippen LogP contribution in [0.2, 0.25) is 0 Å². The molecule has 0 saturated carbocycles. The van der Waals surface area contributed by atoms with Gasteiger partial charge in [-0.3, -0.25) is 4.57 Å². The van der Waals surface area contributed by atoms with Crippen LogP contribution in [0, 0.1) is 5.92 Å². The summed E-state index contributed by atoms with van der Waals surface area (Å²) in [5, 5.41) is 0. The Hall–Kier alpha value is -3.98. The van der Waals surface area contributed by atoms with Crippen LogP contribution in [0.15, 0.2) is 102 Å². The van der Waals surface area contributed by atoms with Gasteiger partial charge in [-0.25, -0.2) is 4.79 Å². The predicted molar refractivity (Wildman–Crippen MR) is 149 cm³/mol. The van der Waals surface area contributed by atoms with E-state index in [9.17, 15) is 4.79 Å². The second-order valence-electron chi connectivity index (χ2n) is 9.58. The van der Waals surface area contributed by atoms with Crippen LogP contribution in [0.3, 0.4) is 0 Å². The third kappa shape index (κ3) is 5.45. The van der Waals surface area contributed by atoms with E-state index in [1.807, 2.05) is 60.7 Å². The van der Waals surface area contributed by atoms with Gasteiger partial charge >= 0.3 is 5.69 Å². The van der Waals surface area contributed by atoms with Gasteiger partial charge in [0.25, 0.3) is 0 Å². The molecule has 8 nitrogen and oxygen atoms in total. The van der Waals surface area contributed by atoms with Crippen LogP contribution in [0.1, 0.15) is 29.3 Å². The first-order valence-corrected chi connectivity index (χ1v) is 12.9. The number of aromatic nitrogens is 2. The normalized spacial score (nSPS) is 19.2. The van der Waals surface area contributed by atoms with Crippen molar-refractivity contribution in [1.82, 2.24) is 9.55 Å². The lowest BCUT2D eigenvalue weighted by molar-refractivity contribution is -0.0627. The predicted octanol–water partition coefficient (Wildman–Crippen LogP) is 4.39. The summed E-state index contributed by atoms with van der Waals surface area (Å²) in [6, 6.07) is 30.0. The minimum absolute atomic E-state index is 0.0514. The Kier molecular flexibility index (Phi) is 8.07. The number of nitrogen functional groups attached to an aromatic ring is 1. The standard InChI is InChI=1S/C31H33N3O5/c1-36-21-27-22(19-29(39-27)34-18-17-28(32)33-30(34)35)20-38-31(23-9-5-3-6-10-23,24-11-7-4-8-12-24)25-13-15-26(37-2)16-14-25/h3-18,22,27,29H,19-21H2,1-2H3,(H2,32,33,35). The quantitative estimate of drug-likeness (QED) is 0.306. The van der Waals surface area contributed by atoms with Gasteiger partial charge in [-0.15, -0.1) is 0 Å². The summed E-state index contributed by atoms with van der Waals surface area (Å²) >= 11 is 0. The van der Waals surface area contributed by atoms with Gasteiger partial charge < -0.3 is 24.7 Å². The smallest absolute Gasteiger partial charge is 0.351 e. The Morgan fingerprint density at radius 3 is 2.08 bits per heavy atom. The van der Waals surface area contributed by atoms with Crippen molar-refractivity contribution in [2.24, 2.45) is 5.92 Å². The molecule has 3 unspecified atom stereocenters. The second-order valence-corrected chi connectivity index (χ2v) is 9.58. The van der Waals surface area contributed by atoms with Gasteiger partial charge in [0.05, 0.1) is 26.4 Å². The fraction of sp³-hybridized carbons (Fsp3) is 0.290. The molecule has 1 aliphatic heterocycles. The molecular weight excluding hydrogens is 494 g/mol. The molecule has 4 aromatic rings. The van der Waals surface area contributed by atoms with E-state index in [0.717, 1.165) is 22.4 Å². The molecule has 0 aliphatic carbocycles. The fourth-order valence-corrected chi connectivity index (χ4v) is 5.27. The van der Waals surface area contributed by atoms with Crippen molar-refractivity contribution in [3.8, 4) is 5.75 Å². The number of nitrogens with zero attached hydrogens (tertiary/aromatic N) is 2. The Bertz CT molecular complexity index is 1370. The molecule has 0 bridgehead atoms. The van der Waals surface area contributed by atoms with Crippen LogP contribution in [0.25, 0.3) is 0 Å². The minimum Gasteiger partial charge on any atom is -0.497 e. The lowest BCUT2D eigenvalue weighted by Gasteiger charge is -2.37. The lowest BCUT2D eigenvalue weighted by Crippen LogP contribution is -2.36. The number of methoxy groups -OCH3 is 2. The molecule has 1 aliphatic rings. The molecule has 5 rings (SSSR count). The van der Waals surface area contributed by atoms with Crippen molar-refractivity contribution in [3.63, 3.8) is 0 Å². The van der Waals surface area contributed by atoms with Gasteiger partial charge in [0.15, 0.2) is 0 Å². The van der Waals surface area contributed by atoms with Crippen molar-refractivity contribution in [2.45, 2.75) is 24.4 Å². The zero-order chi connectivity index (χ0) is 27.2. The summed E-state index contributed by atoms with van der Waals surface area (Å²) in [5.74, 6) is 0.894. The Morgan fingerprint density at radius 2 is 1.51 bits per heavy atom. The molecule has 1 fully saturated rings. The summed E-state index contributed by atoms with van der Waals surface area (Å²) in [7, 11) is 3.29. The van der Waals surface area contributed by atoms with E-state index in [1.165, 1.54) is 4.57 Å². The first kappa shape index (κ1) is 26.6. The summed E-state index contributed by atoms with van der Waals surface area (Å²) in [6.07, 6.45) is 1.41. The highest BCUT2D eigenvalue weighted by atomic mass is 16.6. The molecule has 8 heteroatoms. The number of ether oxygens (including phenoxy) is 4. The van der Waals surface area contributed by atoms with Crippen LogP contribution in [0.5, 0.6) is 5.75 Å². The largest absolute Gasteiger partial charge is 0.497 e. The van der Waals surface area contributed by atoms with Gasteiger partial charge in [-0.2, -0.15) is 4.98 Å². The summed E-state index contributed by atoms with van der Waals surface area (Å²) < 4.78 is 25.7. The zero-order valence-corrected chi connectivity index (χ0v) is 22.1. The van der Waals surface area contributed by atoms with Gasteiger partial charge in [0, 0.05) is 25.6 Å². The van der Waals surface area contributed by atoms with Crippen LogP contribution >= 0.6 is 0 Å². The van der Waals surface area contributed by atoms with Crippen LogP contribution in [-0.2, 0) is 19.8 Å². The van der Waals surface area contributed by atoms with Gasteiger partial charge in [0.1, 0.15) is 23.4 Å². The SMILES string of the molecule is COCC1OC(n2ccc(N)nc2=O)CC1COC(c1ccccc1)(c1ccccc1)c1ccc(OC)cc1. The second kappa shape index (κ2) is 11.8. The topological polar surface area (TPSA) is 97.8 Å². The molecule has 2 heterocycles. The molecule has 0 radical (unpaired) electrons. The molecule has 1 aromatic heterocycles. The minimum atomic E-state index is -0.899. The molecule has 3 atom stereocenters. The number of hydrogen-bond donors (Lipinski definition) is 1. The monoisotopic (exact) mass is 527 g/mol. The first-order chi connectivity index (χ1) is 19.0. The summed E-state index contributed by atoms with van der Waals surface area (Å²) in [6.45, 7) is 0.728. The van der Waals surface area contributed by atoms with Crippen molar-refractivity contribution < 1.29 is 18.9 Å². The molecule has 0 spiro atoms. The first-order valence-electron chi connectivity index (χ1n) is 12.9.